The second-order valence-electron chi connectivity index (χ2n) is 5.65. The summed E-state index contributed by atoms with van der Waals surface area (Å²) in [5, 5.41) is 11.9. The molecule has 136 valence electrons. The third kappa shape index (κ3) is 4.28. The van der Waals surface area contributed by atoms with Gasteiger partial charge >= 0.3 is 0 Å². The van der Waals surface area contributed by atoms with Crippen LogP contribution in [0.15, 0.2) is 66.7 Å². The van der Waals surface area contributed by atoms with Crippen molar-refractivity contribution in [2.75, 3.05) is 5.32 Å². The molecular formula is C20H14Cl2N2O3. The molecule has 5 nitrogen and oxygen atoms in total. The molecule has 0 aromatic heterocycles. The Bertz CT molecular complexity index is 1010. The van der Waals surface area contributed by atoms with Gasteiger partial charge in [0.05, 0.1) is 21.3 Å². The zero-order valence-corrected chi connectivity index (χ0v) is 15.4. The number of amides is 2. The third-order valence-corrected chi connectivity index (χ3v) is 4.54. The van der Waals surface area contributed by atoms with Crippen molar-refractivity contribution < 1.29 is 14.8 Å². The van der Waals surface area contributed by atoms with Crippen molar-refractivity contribution in [1.29, 1.82) is 0 Å². The van der Waals surface area contributed by atoms with Gasteiger partial charge in [-0.25, -0.2) is 5.48 Å². The van der Waals surface area contributed by atoms with Crippen LogP contribution in [0.3, 0.4) is 0 Å². The summed E-state index contributed by atoms with van der Waals surface area (Å²) in [5.74, 6) is -1.18. The minimum Gasteiger partial charge on any atom is -0.321 e. The molecule has 2 amide bonds. The van der Waals surface area contributed by atoms with Crippen molar-refractivity contribution in [1.82, 2.24) is 5.48 Å². The van der Waals surface area contributed by atoms with Gasteiger partial charge in [-0.3, -0.25) is 14.8 Å². The van der Waals surface area contributed by atoms with E-state index in [9.17, 15) is 9.59 Å². The Hall–Kier alpha value is -2.86. The van der Waals surface area contributed by atoms with Gasteiger partial charge < -0.3 is 5.32 Å². The Labute approximate surface area is 165 Å². The van der Waals surface area contributed by atoms with E-state index in [0.717, 1.165) is 11.1 Å². The Kier molecular flexibility index (Phi) is 5.76. The maximum Gasteiger partial charge on any atom is 0.274 e. The van der Waals surface area contributed by atoms with Crippen molar-refractivity contribution in [2.45, 2.75) is 0 Å². The standard InChI is InChI=1S/C20H14Cl2N2O3/c21-16-9-7-14(19(25)24-27)11-18(16)23-20(26)15-8-6-13(10-17(15)22)12-4-2-1-3-5-12/h1-11,27H,(H,23,26)(H,24,25). The van der Waals surface area contributed by atoms with Crippen LogP contribution in [-0.4, -0.2) is 17.0 Å². The van der Waals surface area contributed by atoms with E-state index in [1.165, 1.54) is 23.7 Å². The van der Waals surface area contributed by atoms with Crippen LogP contribution in [0.2, 0.25) is 10.0 Å². The first-order valence-electron chi connectivity index (χ1n) is 7.90. The van der Waals surface area contributed by atoms with E-state index in [4.69, 9.17) is 28.4 Å². The lowest BCUT2D eigenvalue weighted by Crippen LogP contribution is -2.19. The highest BCUT2D eigenvalue weighted by atomic mass is 35.5. The van der Waals surface area contributed by atoms with E-state index < -0.39 is 11.8 Å². The van der Waals surface area contributed by atoms with Crippen LogP contribution in [0, 0.1) is 0 Å². The predicted molar refractivity (Wildman–Crippen MR) is 106 cm³/mol. The number of hydrogen-bond donors (Lipinski definition) is 3. The Morgan fingerprint density at radius 2 is 1.52 bits per heavy atom. The molecule has 0 aliphatic rings. The largest absolute Gasteiger partial charge is 0.321 e. The van der Waals surface area contributed by atoms with Gasteiger partial charge in [0.25, 0.3) is 11.8 Å². The lowest BCUT2D eigenvalue weighted by Gasteiger charge is -2.11. The summed E-state index contributed by atoms with van der Waals surface area (Å²) < 4.78 is 0. The molecule has 0 unspecified atom stereocenters. The smallest absolute Gasteiger partial charge is 0.274 e. The Morgan fingerprint density at radius 3 is 2.19 bits per heavy atom. The van der Waals surface area contributed by atoms with E-state index in [-0.39, 0.29) is 26.9 Å². The molecule has 0 saturated carbocycles. The van der Waals surface area contributed by atoms with E-state index >= 15 is 0 Å². The average Bonchev–Trinajstić information content (AvgIpc) is 2.69. The number of hydroxylamine groups is 1. The first kappa shape index (κ1) is 18.9. The van der Waals surface area contributed by atoms with Crippen LogP contribution in [0.25, 0.3) is 11.1 Å². The van der Waals surface area contributed by atoms with Gasteiger partial charge in [0, 0.05) is 5.56 Å². The number of carbonyl (C=O) groups is 2. The zero-order chi connectivity index (χ0) is 19.4. The molecule has 7 heteroatoms. The summed E-state index contributed by atoms with van der Waals surface area (Å²) in [4.78, 5) is 24.1. The van der Waals surface area contributed by atoms with Crippen LogP contribution in [-0.2, 0) is 0 Å². The van der Waals surface area contributed by atoms with E-state index in [1.807, 2.05) is 30.3 Å². The van der Waals surface area contributed by atoms with Crippen LogP contribution in [0.4, 0.5) is 5.69 Å². The van der Waals surface area contributed by atoms with Crippen LogP contribution < -0.4 is 10.8 Å². The third-order valence-electron chi connectivity index (χ3n) is 3.90. The first-order chi connectivity index (χ1) is 13.0. The average molecular weight is 401 g/mol. The summed E-state index contributed by atoms with van der Waals surface area (Å²) >= 11 is 12.4. The first-order valence-corrected chi connectivity index (χ1v) is 8.65. The van der Waals surface area contributed by atoms with Crippen molar-refractivity contribution >= 4 is 40.7 Å². The highest BCUT2D eigenvalue weighted by Crippen LogP contribution is 2.28. The molecule has 0 fully saturated rings. The number of benzene rings is 3. The number of nitrogens with one attached hydrogen (secondary N) is 2. The highest BCUT2D eigenvalue weighted by molar-refractivity contribution is 6.36. The van der Waals surface area contributed by atoms with Gasteiger partial charge in [0.15, 0.2) is 0 Å². The molecule has 3 aromatic carbocycles. The SMILES string of the molecule is O=C(NO)c1ccc(Cl)c(NC(=O)c2ccc(-c3ccccc3)cc2Cl)c1. The minimum absolute atomic E-state index is 0.141. The van der Waals surface area contributed by atoms with Crippen molar-refractivity contribution in [2.24, 2.45) is 0 Å². The zero-order valence-electron chi connectivity index (χ0n) is 13.9. The van der Waals surface area contributed by atoms with Gasteiger partial charge in [-0.15, -0.1) is 0 Å². The maximum absolute atomic E-state index is 12.6. The minimum atomic E-state index is -0.715. The van der Waals surface area contributed by atoms with Crippen molar-refractivity contribution in [3.05, 3.63) is 87.9 Å². The molecule has 3 aromatic rings. The summed E-state index contributed by atoms with van der Waals surface area (Å²) in [5.41, 5.74) is 4.03. The lowest BCUT2D eigenvalue weighted by atomic mass is 10.0. The van der Waals surface area contributed by atoms with Crippen LogP contribution in [0.5, 0.6) is 0 Å². The number of carbonyl (C=O) groups excluding carboxylic acids is 2. The quantitative estimate of drug-likeness (QED) is 0.424. The van der Waals surface area contributed by atoms with Crippen molar-refractivity contribution in [3.8, 4) is 11.1 Å². The summed E-state index contributed by atoms with van der Waals surface area (Å²) in [6, 6.07) is 19.0. The molecule has 0 atom stereocenters. The number of hydrogen-bond acceptors (Lipinski definition) is 3. The second kappa shape index (κ2) is 8.22. The van der Waals surface area contributed by atoms with E-state index in [2.05, 4.69) is 5.32 Å². The van der Waals surface area contributed by atoms with E-state index in [1.54, 1.807) is 18.2 Å². The Morgan fingerprint density at radius 1 is 0.778 bits per heavy atom. The molecule has 0 radical (unpaired) electrons. The number of rotatable bonds is 4. The van der Waals surface area contributed by atoms with E-state index in [0.29, 0.717) is 0 Å². The van der Waals surface area contributed by atoms with Gasteiger partial charge in [0.2, 0.25) is 0 Å². The van der Waals surface area contributed by atoms with Crippen LogP contribution in [0.1, 0.15) is 20.7 Å². The van der Waals surface area contributed by atoms with Crippen molar-refractivity contribution in [3.63, 3.8) is 0 Å². The molecule has 27 heavy (non-hydrogen) atoms. The molecule has 0 bridgehead atoms. The van der Waals surface area contributed by atoms with Gasteiger partial charge in [-0.05, 0) is 41.5 Å². The maximum atomic E-state index is 12.6. The fraction of sp³-hybridized carbons (Fsp3) is 0. The number of halogens is 2. The normalized spacial score (nSPS) is 10.3. The molecule has 0 saturated heterocycles. The monoisotopic (exact) mass is 400 g/mol. The van der Waals surface area contributed by atoms with Gasteiger partial charge in [-0.1, -0.05) is 59.6 Å². The fourth-order valence-electron chi connectivity index (χ4n) is 2.53. The number of anilines is 1. The summed E-state index contributed by atoms with van der Waals surface area (Å²) in [6.07, 6.45) is 0. The molecular weight excluding hydrogens is 387 g/mol. The topological polar surface area (TPSA) is 78.4 Å². The summed E-state index contributed by atoms with van der Waals surface area (Å²) in [6.45, 7) is 0. The fourth-order valence-corrected chi connectivity index (χ4v) is 2.96. The molecule has 0 aliphatic carbocycles. The summed E-state index contributed by atoms with van der Waals surface area (Å²) in [7, 11) is 0. The molecule has 0 aliphatic heterocycles. The van der Waals surface area contributed by atoms with Crippen LogP contribution >= 0.6 is 23.2 Å². The molecule has 3 rings (SSSR count). The molecule has 0 spiro atoms. The lowest BCUT2D eigenvalue weighted by molar-refractivity contribution is 0.0706. The predicted octanol–water partition coefficient (Wildman–Crippen LogP) is 5.03. The molecule has 3 N–H and O–H groups in total. The molecule has 0 heterocycles. The second-order valence-corrected chi connectivity index (χ2v) is 6.46. The Balaban J connectivity index is 1.86. The van der Waals surface area contributed by atoms with Gasteiger partial charge in [-0.2, -0.15) is 0 Å². The highest BCUT2D eigenvalue weighted by Gasteiger charge is 2.15. The van der Waals surface area contributed by atoms with Gasteiger partial charge in [0.1, 0.15) is 0 Å².